The minimum Gasteiger partial charge on any atom is -0.312 e. The summed E-state index contributed by atoms with van der Waals surface area (Å²) in [4.78, 5) is 33.2. The molecule has 7 heteroatoms. The first kappa shape index (κ1) is 18.4. The molecule has 30 heavy (non-hydrogen) atoms. The van der Waals surface area contributed by atoms with Gasteiger partial charge >= 0.3 is 5.69 Å². The van der Waals surface area contributed by atoms with Crippen molar-refractivity contribution in [1.82, 2.24) is 18.7 Å². The highest BCUT2D eigenvalue weighted by Gasteiger charge is 2.26. The second-order valence-corrected chi connectivity index (χ2v) is 7.79. The van der Waals surface area contributed by atoms with Gasteiger partial charge in [0.1, 0.15) is 0 Å². The molecular weight excluding hydrogens is 378 g/mol. The number of aromatic nitrogens is 4. The molecule has 1 aliphatic rings. The Morgan fingerprint density at radius 3 is 2.43 bits per heavy atom. The largest absolute Gasteiger partial charge is 0.332 e. The molecule has 152 valence electrons. The molecule has 3 heterocycles. The second kappa shape index (κ2) is 7.02. The van der Waals surface area contributed by atoms with E-state index in [9.17, 15) is 9.59 Å². The van der Waals surface area contributed by atoms with Crippen LogP contribution >= 0.6 is 0 Å². The summed E-state index contributed by atoms with van der Waals surface area (Å²) in [5.41, 5.74) is 3.41. The number of aryl methyl sites for hydroxylation is 3. The third-order valence-corrected chi connectivity index (χ3v) is 5.75. The van der Waals surface area contributed by atoms with E-state index in [0.29, 0.717) is 23.7 Å². The van der Waals surface area contributed by atoms with E-state index in [4.69, 9.17) is 4.98 Å². The molecule has 0 unspecified atom stereocenters. The third-order valence-electron chi connectivity index (χ3n) is 5.75. The van der Waals surface area contributed by atoms with Gasteiger partial charge in [-0.1, -0.05) is 48.0 Å². The summed E-state index contributed by atoms with van der Waals surface area (Å²) < 4.78 is 4.75. The number of hydrogen-bond acceptors (Lipinski definition) is 4. The lowest BCUT2D eigenvalue weighted by atomic mass is 10.2. The smallest absolute Gasteiger partial charge is 0.312 e. The molecule has 0 saturated heterocycles. The predicted molar refractivity (Wildman–Crippen MR) is 118 cm³/mol. The molecular formula is C23H23N5O2. The van der Waals surface area contributed by atoms with Gasteiger partial charge in [-0.3, -0.25) is 13.9 Å². The molecule has 1 aliphatic heterocycles. The zero-order valence-electron chi connectivity index (χ0n) is 17.1. The fourth-order valence-electron chi connectivity index (χ4n) is 4.14. The Labute approximate surface area is 173 Å². The van der Waals surface area contributed by atoms with Crippen molar-refractivity contribution in [2.75, 3.05) is 11.4 Å². The molecule has 0 bridgehead atoms. The minimum absolute atomic E-state index is 0.241. The summed E-state index contributed by atoms with van der Waals surface area (Å²) in [6.45, 7) is 3.82. The van der Waals surface area contributed by atoms with Crippen LogP contribution in [0.15, 0.2) is 64.2 Å². The molecule has 0 radical (unpaired) electrons. The van der Waals surface area contributed by atoms with Crippen molar-refractivity contribution >= 4 is 22.8 Å². The van der Waals surface area contributed by atoms with E-state index < -0.39 is 0 Å². The number of anilines is 2. The van der Waals surface area contributed by atoms with Crippen LogP contribution in [0, 0.1) is 6.92 Å². The molecule has 0 atom stereocenters. The van der Waals surface area contributed by atoms with Crippen LogP contribution in [0.2, 0.25) is 0 Å². The summed E-state index contributed by atoms with van der Waals surface area (Å²) in [6.07, 6.45) is 0.896. The van der Waals surface area contributed by atoms with Gasteiger partial charge in [0.05, 0.1) is 6.54 Å². The van der Waals surface area contributed by atoms with Crippen LogP contribution in [0.4, 0.5) is 11.6 Å². The molecule has 0 saturated carbocycles. The average Bonchev–Trinajstić information content (AvgIpc) is 3.17. The van der Waals surface area contributed by atoms with Gasteiger partial charge in [0.15, 0.2) is 11.2 Å². The van der Waals surface area contributed by atoms with Crippen LogP contribution in [0.3, 0.4) is 0 Å². The Balaban J connectivity index is 1.71. The second-order valence-electron chi connectivity index (χ2n) is 7.79. The highest BCUT2D eigenvalue weighted by atomic mass is 16.2. The number of nitrogens with zero attached hydrogens (tertiary/aromatic N) is 5. The minimum atomic E-state index is -0.353. The maximum absolute atomic E-state index is 13.4. The van der Waals surface area contributed by atoms with Crippen molar-refractivity contribution in [3.63, 3.8) is 0 Å². The van der Waals surface area contributed by atoms with Crippen LogP contribution in [-0.4, -0.2) is 25.2 Å². The topological polar surface area (TPSA) is 65.1 Å². The first-order valence-electron chi connectivity index (χ1n) is 10.1. The highest BCUT2D eigenvalue weighted by Crippen LogP contribution is 2.31. The Bertz CT molecular complexity index is 1350. The van der Waals surface area contributed by atoms with Crippen molar-refractivity contribution < 1.29 is 0 Å². The van der Waals surface area contributed by atoms with E-state index in [1.807, 2.05) is 34.9 Å². The first-order chi connectivity index (χ1) is 14.5. The number of fused-ring (bicyclic) bond motifs is 3. The summed E-state index contributed by atoms with van der Waals surface area (Å²) >= 11 is 0. The van der Waals surface area contributed by atoms with Gasteiger partial charge in [-0.15, -0.1) is 0 Å². The third kappa shape index (κ3) is 2.85. The average molecular weight is 401 g/mol. The first-order valence-corrected chi connectivity index (χ1v) is 10.1. The van der Waals surface area contributed by atoms with Crippen LogP contribution < -0.4 is 16.1 Å². The maximum atomic E-state index is 13.4. The van der Waals surface area contributed by atoms with E-state index >= 15 is 0 Å². The van der Waals surface area contributed by atoms with Gasteiger partial charge < -0.3 is 9.47 Å². The molecule has 2 aromatic carbocycles. The molecule has 5 rings (SSSR count). The lowest BCUT2D eigenvalue weighted by Gasteiger charge is -2.29. The lowest BCUT2D eigenvalue weighted by molar-refractivity contribution is 0.597. The van der Waals surface area contributed by atoms with E-state index in [0.717, 1.165) is 24.2 Å². The quantitative estimate of drug-likeness (QED) is 0.530. The van der Waals surface area contributed by atoms with Gasteiger partial charge in [0.25, 0.3) is 5.56 Å². The number of rotatable bonds is 3. The normalized spacial score (nSPS) is 13.6. The van der Waals surface area contributed by atoms with E-state index in [2.05, 4.69) is 36.1 Å². The Morgan fingerprint density at radius 2 is 1.70 bits per heavy atom. The van der Waals surface area contributed by atoms with Crippen molar-refractivity contribution in [2.45, 2.75) is 26.4 Å². The molecule has 0 aliphatic carbocycles. The predicted octanol–water partition coefficient (Wildman–Crippen LogP) is 2.80. The van der Waals surface area contributed by atoms with Crippen LogP contribution in [0.1, 0.15) is 17.5 Å². The Hall–Kier alpha value is -3.61. The molecule has 0 spiro atoms. The Morgan fingerprint density at radius 1 is 0.967 bits per heavy atom. The molecule has 7 nitrogen and oxygen atoms in total. The molecule has 4 aromatic rings. The highest BCUT2D eigenvalue weighted by molar-refractivity contribution is 5.77. The van der Waals surface area contributed by atoms with Gasteiger partial charge in [0.2, 0.25) is 5.95 Å². The van der Waals surface area contributed by atoms with E-state index in [1.165, 1.54) is 14.7 Å². The zero-order chi connectivity index (χ0) is 20.8. The fourth-order valence-corrected chi connectivity index (χ4v) is 4.14. The number of hydrogen-bond donors (Lipinski definition) is 0. The maximum Gasteiger partial charge on any atom is 0.332 e. The summed E-state index contributed by atoms with van der Waals surface area (Å²) in [5, 5.41) is 0. The van der Waals surface area contributed by atoms with Gasteiger partial charge in [-0.05, 0) is 31.0 Å². The van der Waals surface area contributed by atoms with Gasteiger partial charge in [0, 0.05) is 25.8 Å². The van der Waals surface area contributed by atoms with E-state index in [1.54, 1.807) is 7.05 Å². The molecule has 0 fully saturated rings. The van der Waals surface area contributed by atoms with Crippen LogP contribution in [-0.2, 0) is 20.1 Å². The van der Waals surface area contributed by atoms with Crippen molar-refractivity contribution in [3.8, 4) is 0 Å². The summed E-state index contributed by atoms with van der Waals surface area (Å²) in [7, 11) is 1.68. The SMILES string of the molecule is Cc1ccc(N2CCCn3c2nc2c3c(=O)n(Cc3ccccc3)c(=O)n2C)cc1. The van der Waals surface area contributed by atoms with E-state index in [-0.39, 0.29) is 17.8 Å². The lowest BCUT2D eigenvalue weighted by Crippen LogP contribution is -2.40. The fraction of sp³-hybridized carbons (Fsp3) is 0.261. The zero-order valence-corrected chi connectivity index (χ0v) is 17.1. The summed E-state index contributed by atoms with van der Waals surface area (Å²) in [5.74, 6) is 0.713. The molecule has 0 amide bonds. The van der Waals surface area contributed by atoms with Gasteiger partial charge in [-0.2, -0.15) is 4.98 Å². The standard InChI is InChI=1S/C23H23N5O2/c1-16-9-11-18(12-10-16)26-13-6-14-27-19-20(24-22(26)27)25(2)23(30)28(21(19)29)15-17-7-4-3-5-8-17/h3-5,7-12H,6,13-15H2,1-2H3. The monoisotopic (exact) mass is 401 g/mol. The Kier molecular flexibility index (Phi) is 4.31. The van der Waals surface area contributed by atoms with Crippen molar-refractivity contribution in [3.05, 3.63) is 86.6 Å². The summed E-state index contributed by atoms with van der Waals surface area (Å²) in [6, 6.07) is 17.8. The van der Waals surface area contributed by atoms with Crippen molar-refractivity contribution in [2.24, 2.45) is 7.05 Å². The molecule has 2 aromatic heterocycles. The van der Waals surface area contributed by atoms with Crippen LogP contribution in [0.5, 0.6) is 0 Å². The van der Waals surface area contributed by atoms with Crippen LogP contribution in [0.25, 0.3) is 11.2 Å². The van der Waals surface area contributed by atoms with Crippen molar-refractivity contribution in [1.29, 1.82) is 0 Å². The number of imidazole rings is 1. The number of benzene rings is 2. The van der Waals surface area contributed by atoms with Gasteiger partial charge in [-0.25, -0.2) is 4.79 Å². The molecule has 0 N–H and O–H groups in total.